The number of hydrogen-bond acceptors (Lipinski definition) is 2. The van der Waals surface area contributed by atoms with Crippen molar-refractivity contribution in [3.05, 3.63) is 17.2 Å². The third kappa shape index (κ3) is 1.41. The Morgan fingerprint density at radius 1 is 1.40 bits per heavy atom. The van der Waals surface area contributed by atoms with Gasteiger partial charge in [-0.2, -0.15) is 0 Å². The first-order chi connectivity index (χ1) is 7.29. The quantitative estimate of drug-likeness (QED) is 0.689. The van der Waals surface area contributed by atoms with E-state index in [1.807, 2.05) is 0 Å². The van der Waals surface area contributed by atoms with Crippen LogP contribution in [0.1, 0.15) is 42.4 Å². The summed E-state index contributed by atoms with van der Waals surface area (Å²) in [7, 11) is 0. The van der Waals surface area contributed by atoms with Gasteiger partial charge in [-0.15, -0.1) is 0 Å². The lowest BCUT2D eigenvalue weighted by atomic mass is 9.96. The molecule has 1 fully saturated rings. The highest BCUT2D eigenvalue weighted by Crippen LogP contribution is 2.41. The highest BCUT2D eigenvalue weighted by molar-refractivity contribution is 5.54. The first-order valence-corrected chi connectivity index (χ1v) is 5.80. The molecule has 1 aliphatic heterocycles. The summed E-state index contributed by atoms with van der Waals surface area (Å²) in [6.07, 6.45) is 5.59. The molecule has 1 saturated carbocycles. The van der Waals surface area contributed by atoms with Crippen LogP contribution >= 0.6 is 0 Å². The highest BCUT2D eigenvalue weighted by Gasteiger charge is 2.32. The molecule has 15 heavy (non-hydrogen) atoms. The fourth-order valence-corrected chi connectivity index (χ4v) is 2.55. The van der Waals surface area contributed by atoms with Gasteiger partial charge in [0.05, 0.1) is 5.69 Å². The Hall–Kier alpha value is -1.12. The fraction of sp³-hybridized carbons (Fsp3) is 0.667. The van der Waals surface area contributed by atoms with Crippen molar-refractivity contribution < 1.29 is 4.79 Å². The van der Waals surface area contributed by atoms with E-state index in [-0.39, 0.29) is 5.92 Å². The second-order valence-electron chi connectivity index (χ2n) is 4.82. The van der Waals surface area contributed by atoms with Crippen molar-refractivity contribution in [2.75, 3.05) is 0 Å². The lowest BCUT2D eigenvalue weighted by Gasteiger charge is -2.21. The topological polar surface area (TPSA) is 34.9 Å². The molecule has 2 heterocycles. The van der Waals surface area contributed by atoms with Gasteiger partial charge in [0.1, 0.15) is 12.1 Å². The maximum absolute atomic E-state index is 10.8. The molecule has 80 valence electrons. The van der Waals surface area contributed by atoms with Crippen molar-refractivity contribution in [3.8, 4) is 0 Å². The maximum atomic E-state index is 10.8. The van der Waals surface area contributed by atoms with Crippen LogP contribution in [0, 0.1) is 12.8 Å². The molecule has 3 nitrogen and oxygen atoms in total. The Morgan fingerprint density at radius 3 is 2.87 bits per heavy atom. The Morgan fingerprint density at radius 2 is 2.20 bits per heavy atom. The van der Waals surface area contributed by atoms with Gasteiger partial charge in [0.2, 0.25) is 0 Å². The lowest BCUT2D eigenvalue weighted by molar-refractivity contribution is -0.111. The standard InChI is InChI=1S/C12H16N2O/c1-8-11-6-9(7-15)4-5-14(11)12(13-8)10-2-3-10/h7,9-10H,2-6H2,1H3. The molecule has 2 aliphatic rings. The van der Waals surface area contributed by atoms with Crippen molar-refractivity contribution in [2.45, 2.75) is 45.1 Å². The Balaban J connectivity index is 1.99. The average Bonchev–Trinajstić information content (AvgIpc) is 3.05. The number of carbonyl (C=O) groups excluding carboxylic acids is 1. The monoisotopic (exact) mass is 204 g/mol. The smallest absolute Gasteiger partial charge is 0.123 e. The van der Waals surface area contributed by atoms with E-state index in [1.165, 1.54) is 24.4 Å². The number of aryl methyl sites for hydroxylation is 1. The average molecular weight is 204 g/mol. The third-order valence-corrected chi connectivity index (χ3v) is 3.62. The van der Waals surface area contributed by atoms with E-state index in [4.69, 9.17) is 0 Å². The molecular weight excluding hydrogens is 188 g/mol. The maximum Gasteiger partial charge on any atom is 0.123 e. The van der Waals surface area contributed by atoms with Crippen molar-refractivity contribution in [2.24, 2.45) is 5.92 Å². The number of aromatic nitrogens is 2. The van der Waals surface area contributed by atoms with Gasteiger partial charge in [0, 0.05) is 24.1 Å². The zero-order valence-electron chi connectivity index (χ0n) is 9.07. The summed E-state index contributed by atoms with van der Waals surface area (Å²) in [5.41, 5.74) is 2.45. The number of nitrogens with zero attached hydrogens (tertiary/aromatic N) is 2. The fourth-order valence-electron chi connectivity index (χ4n) is 2.55. The van der Waals surface area contributed by atoms with Crippen molar-refractivity contribution in [1.29, 1.82) is 0 Å². The summed E-state index contributed by atoms with van der Waals surface area (Å²) < 4.78 is 2.37. The number of hydrogen-bond donors (Lipinski definition) is 0. The largest absolute Gasteiger partial charge is 0.331 e. The zero-order chi connectivity index (χ0) is 10.4. The molecule has 0 bridgehead atoms. The first kappa shape index (κ1) is 9.13. The normalized spacial score (nSPS) is 25.0. The minimum atomic E-state index is 0.222. The molecule has 1 unspecified atom stereocenters. The minimum absolute atomic E-state index is 0.222. The van der Waals surface area contributed by atoms with Gasteiger partial charge in [-0.05, 0) is 32.6 Å². The van der Waals surface area contributed by atoms with E-state index < -0.39 is 0 Å². The van der Waals surface area contributed by atoms with Crippen molar-refractivity contribution >= 4 is 6.29 Å². The van der Waals surface area contributed by atoms with Gasteiger partial charge in [0.25, 0.3) is 0 Å². The van der Waals surface area contributed by atoms with E-state index >= 15 is 0 Å². The summed E-state index contributed by atoms with van der Waals surface area (Å²) in [4.78, 5) is 15.5. The van der Waals surface area contributed by atoms with E-state index in [9.17, 15) is 4.79 Å². The van der Waals surface area contributed by atoms with Gasteiger partial charge < -0.3 is 9.36 Å². The van der Waals surface area contributed by atoms with E-state index in [1.54, 1.807) is 0 Å². The van der Waals surface area contributed by atoms with E-state index in [2.05, 4.69) is 16.5 Å². The summed E-state index contributed by atoms with van der Waals surface area (Å²) in [5, 5.41) is 0. The summed E-state index contributed by atoms with van der Waals surface area (Å²) in [6.45, 7) is 3.07. The molecular formula is C12H16N2O. The van der Waals surface area contributed by atoms with Crippen LogP contribution in [0.5, 0.6) is 0 Å². The lowest BCUT2D eigenvalue weighted by Crippen LogP contribution is -2.21. The summed E-state index contributed by atoms with van der Waals surface area (Å²) in [6, 6.07) is 0. The van der Waals surface area contributed by atoms with Crippen LogP contribution in [0.4, 0.5) is 0 Å². The predicted molar refractivity (Wildman–Crippen MR) is 56.8 cm³/mol. The third-order valence-electron chi connectivity index (χ3n) is 3.62. The first-order valence-electron chi connectivity index (χ1n) is 5.80. The molecule has 0 spiro atoms. The Bertz CT molecular complexity index is 404. The van der Waals surface area contributed by atoms with E-state index in [0.717, 1.165) is 31.4 Å². The molecule has 3 heteroatoms. The predicted octanol–water partition coefficient (Wildman–Crippen LogP) is 1.83. The van der Waals surface area contributed by atoms with Gasteiger partial charge in [-0.25, -0.2) is 4.98 Å². The van der Waals surface area contributed by atoms with Crippen LogP contribution in [-0.2, 0) is 17.8 Å². The molecule has 0 saturated heterocycles. The van der Waals surface area contributed by atoms with Crippen LogP contribution in [0.3, 0.4) is 0 Å². The molecule has 1 aromatic rings. The van der Waals surface area contributed by atoms with Gasteiger partial charge >= 0.3 is 0 Å². The minimum Gasteiger partial charge on any atom is -0.331 e. The molecule has 0 aromatic carbocycles. The van der Waals surface area contributed by atoms with Crippen molar-refractivity contribution in [1.82, 2.24) is 9.55 Å². The van der Waals surface area contributed by atoms with Crippen molar-refractivity contribution in [3.63, 3.8) is 0 Å². The van der Waals surface area contributed by atoms with Crippen LogP contribution in [-0.4, -0.2) is 15.8 Å². The molecule has 0 N–H and O–H groups in total. The SMILES string of the molecule is Cc1nc(C2CC2)n2c1CC(C=O)CC2. The Kier molecular flexibility index (Phi) is 1.94. The molecule has 1 aromatic heterocycles. The van der Waals surface area contributed by atoms with Crippen LogP contribution in [0.15, 0.2) is 0 Å². The summed E-state index contributed by atoms with van der Waals surface area (Å²) >= 11 is 0. The molecule has 0 radical (unpaired) electrons. The molecule has 1 atom stereocenters. The van der Waals surface area contributed by atoms with Gasteiger partial charge in [-0.1, -0.05) is 0 Å². The number of imidazole rings is 1. The molecule has 1 aliphatic carbocycles. The number of aldehydes is 1. The number of rotatable bonds is 2. The highest BCUT2D eigenvalue weighted by atomic mass is 16.1. The van der Waals surface area contributed by atoms with E-state index in [0.29, 0.717) is 5.92 Å². The van der Waals surface area contributed by atoms with Crippen LogP contribution < -0.4 is 0 Å². The molecule has 0 amide bonds. The zero-order valence-corrected chi connectivity index (χ0v) is 9.07. The molecule has 3 rings (SSSR count). The number of carbonyl (C=O) groups is 1. The number of fused-ring (bicyclic) bond motifs is 1. The van der Waals surface area contributed by atoms with Gasteiger partial charge in [0.15, 0.2) is 0 Å². The van der Waals surface area contributed by atoms with Gasteiger partial charge in [-0.3, -0.25) is 0 Å². The second kappa shape index (κ2) is 3.19. The second-order valence-corrected chi connectivity index (χ2v) is 4.82. The summed E-state index contributed by atoms with van der Waals surface area (Å²) in [5.74, 6) is 2.22. The van der Waals surface area contributed by atoms with Crippen LogP contribution in [0.2, 0.25) is 0 Å². The van der Waals surface area contributed by atoms with Crippen LogP contribution in [0.25, 0.3) is 0 Å². The Labute approximate surface area is 89.5 Å².